The van der Waals surface area contributed by atoms with E-state index in [-0.39, 0.29) is 24.2 Å². The first-order valence-corrected chi connectivity index (χ1v) is 9.12. The molecule has 1 aromatic carbocycles. The first-order valence-electron chi connectivity index (χ1n) is 9.12. The molecule has 0 aliphatic heterocycles. The van der Waals surface area contributed by atoms with E-state index < -0.39 is 11.9 Å². The molecule has 0 radical (unpaired) electrons. The number of ketones is 1. The minimum Gasteiger partial charge on any atom is -0.496 e. The minimum absolute atomic E-state index is 0.0487. The van der Waals surface area contributed by atoms with Gasteiger partial charge in [0.25, 0.3) is 0 Å². The fraction of sp³-hybridized carbons (Fsp3) is 0.550. The first-order chi connectivity index (χ1) is 12.4. The highest BCUT2D eigenvalue weighted by Gasteiger charge is 2.30. The van der Waals surface area contributed by atoms with Gasteiger partial charge in [-0.25, -0.2) is 0 Å². The lowest BCUT2D eigenvalue weighted by Crippen LogP contribution is -2.44. The van der Waals surface area contributed by atoms with E-state index in [1.807, 2.05) is 0 Å². The molecule has 1 amide bonds. The number of methoxy groups -OCH3 is 1. The maximum atomic E-state index is 12.6. The third-order valence-corrected chi connectivity index (χ3v) is 4.97. The summed E-state index contributed by atoms with van der Waals surface area (Å²) in [7, 11) is 1.51. The van der Waals surface area contributed by atoms with Crippen molar-refractivity contribution in [3.8, 4) is 5.75 Å². The van der Waals surface area contributed by atoms with Gasteiger partial charge in [-0.15, -0.1) is 0 Å². The Morgan fingerprint density at radius 3 is 2.46 bits per heavy atom. The second-order valence-electron chi connectivity index (χ2n) is 6.87. The normalized spacial score (nSPS) is 20.5. The predicted octanol–water partition coefficient (Wildman–Crippen LogP) is 2.98. The average molecular weight is 361 g/mol. The highest BCUT2D eigenvalue weighted by atomic mass is 16.5. The molecule has 1 aromatic rings. The average Bonchev–Trinajstić information content (AvgIpc) is 2.56. The van der Waals surface area contributed by atoms with Gasteiger partial charge in [-0.2, -0.15) is 0 Å². The molecule has 2 rings (SSSR count). The quantitative estimate of drug-likeness (QED) is 0.760. The Kier molecular flexibility index (Phi) is 7.18. The van der Waals surface area contributed by atoms with E-state index in [1.165, 1.54) is 14.0 Å². The van der Waals surface area contributed by atoms with E-state index in [2.05, 4.69) is 5.32 Å². The van der Waals surface area contributed by atoms with Gasteiger partial charge in [0.2, 0.25) is 5.91 Å². The molecule has 0 heterocycles. The largest absolute Gasteiger partial charge is 0.496 e. The topological polar surface area (TPSA) is 92.7 Å². The number of aliphatic carboxylic acids is 1. The van der Waals surface area contributed by atoms with Gasteiger partial charge in [0, 0.05) is 17.2 Å². The molecule has 0 saturated heterocycles. The maximum Gasteiger partial charge on any atom is 0.308 e. The van der Waals surface area contributed by atoms with Gasteiger partial charge in [0.15, 0.2) is 5.78 Å². The molecule has 1 aliphatic carbocycles. The van der Waals surface area contributed by atoms with Gasteiger partial charge in [0.05, 0.1) is 19.4 Å². The van der Waals surface area contributed by atoms with Crippen LogP contribution in [0.15, 0.2) is 18.2 Å². The number of carboxylic acids is 1. The van der Waals surface area contributed by atoms with E-state index >= 15 is 0 Å². The Morgan fingerprint density at radius 2 is 1.85 bits per heavy atom. The van der Waals surface area contributed by atoms with Gasteiger partial charge in [0.1, 0.15) is 5.75 Å². The number of ether oxygens (including phenoxy) is 1. The van der Waals surface area contributed by atoms with Crippen LogP contribution in [0.25, 0.3) is 0 Å². The number of rotatable bonds is 6. The Hall–Kier alpha value is -2.37. The number of hydrogen-bond donors (Lipinski definition) is 2. The van der Waals surface area contributed by atoms with Crippen LogP contribution in [-0.4, -0.2) is 35.9 Å². The second-order valence-corrected chi connectivity index (χ2v) is 6.87. The molecule has 6 nitrogen and oxygen atoms in total. The molecule has 2 N–H and O–H groups in total. The van der Waals surface area contributed by atoms with Crippen LogP contribution in [0.3, 0.4) is 0 Å². The summed E-state index contributed by atoms with van der Waals surface area (Å²) in [5.41, 5.74) is 1.14. The van der Waals surface area contributed by atoms with Gasteiger partial charge >= 0.3 is 5.97 Å². The van der Waals surface area contributed by atoms with E-state index in [9.17, 15) is 19.5 Å². The fourth-order valence-electron chi connectivity index (χ4n) is 3.52. The first kappa shape index (κ1) is 19.9. The highest BCUT2D eigenvalue weighted by molar-refractivity contribution is 5.94. The molecular weight excluding hydrogens is 334 g/mol. The Bertz CT molecular complexity index is 670. The summed E-state index contributed by atoms with van der Waals surface area (Å²) >= 11 is 0. The number of hydrogen-bond acceptors (Lipinski definition) is 4. The molecule has 2 atom stereocenters. The number of Topliss-reactive ketones (excluding diaryl/α,β-unsaturated/α-hetero) is 1. The van der Waals surface area contributed by atoms with Crippen LogP contribution in [0.4, 0.5) is 0 Å². The lowest BCUT2D eigenvalue weighted by molar-refractivity contribution is -0.143. The third-order valence-electron chi connectivity index (χ3n) is 4.97. The van der Waals surface area contributed by atoms with E-state index in [0.29, 0.717) is 29.7 Å². The number of nitrogens with one attached hydrogen (secondary N) is 1. The molecule has 1 aliphatic rings. The number of amides is 1. The van der Waals surface area contributed by atoms with E-state index in [4.69, 9.17) is 4.74 Å². The predicted molar refractivity (Wildman–Crippen MR) is 97.5 cm³/mol. The van der Waals surface area contributed by atoms with Crippen LogP contribution < -0.4 is 10.1 Å². The number of carbonyl (C=O) groups is 3. The summed E-state index contributed by atoms with van der Waals surface area (Å²) in [5.74, 6) is -1.20. The van der Waals surface area contributed by atoms with Crippen LogP contribution in [0, 0.1) is 5.92 Å². The lowest BCUT2D eigenvalue weighted by Gasteiger charge is -2.27. The summed E-state index contributed by atoms with van der Waals surface area (Å²) in [4.78, 5) is 35.7. The second kappa shape index (κ2) is 9.36. The van der Waals surface area contributed by atoms with Crippen molar-refractivity contribution in [1.82, 2.24) is 5.32 Å². The van der Waals surface area contributed by atoms with Crippen LogP contribution in [0.5, 0.6) is 5.75 Å². The zero-order valence-corrected chi connectivity index (χ0v) is 15.4. The standard InChI is InChI=1S/C20H27NO5/c1-13(22)14-9-10-18(26-2)15(11-14)12-19(23)21-17-8-6-4-3-5-7-16(17)20(24)25/h9-11,16-17H,3-8,12H2,1-2H3,(H,21,23)(H,24,25). The van der Waals surface area contributed by atoms with Crippen LogP contribution in [-0.2, 0) is 16.0 Å². The van der Waals surface area contributed by atoms with Gasteiger partial charge in [-0.3, -0.25) is 14.4 Å². The Labute approximate surface area is 153 Å². The molecule has 1 fully saturated rings. The Morgan fingerprint density at radius 1 is 1.15 bits per heavy atom. The fourth-order valence-corrected chi connectivity index (χ4v) is 3.52. The molecule has 0 spiro atoms. The van der Waals surface area contributed by atoms with Crippen molar-refractivity contribution < 1.29 is 24.2 Å². The van der Waals surface area contributed by atoms with Crippen molar-refractivity contribution in [2.75, 3.05) is 7.11 Å². The van der Waals surface area contributed by atoms with Crippen LogP contribution in [0.2, 0.25) is 0 Å². The summed E-state index contributed by atoms with van der Waals surface area (Å²) < 4.78 is 5.28. The summed E-state index contributed by atoms with van der Waals surface area (Å²) in [6.45, 7) is 1.47. The molecule has 1 saturated carbocycles. The molecular formula is C20H27NO5. The van der Waals surface area contributed by atoms with Crippen molar-refractivity contribution in [2.24, 2.45) is 5.92 Å². The highest BCUT2D eigenvalue weighted by Crippen LogP contribution is 2.24. The van der Waals surface area contributed by atoms with Gasteiger partial charge in [-0.1, -0.05) is 25.7 Å². The van der Waals surface area contributed by atoms with E-state index in [1.54, 1.807) is 18.2 Å². The van der Waals surface area contributed by atoms with Gasteiger partial charge in [-0.05, 0) is 38.0 Å². The van der Waals surface area contributed by atoms with Gasteiger partial charge < -0.3 is 15.2 Å². The summed E-state index contributed by atoms with van der Waals surface area (Å²) in [6.07, 6.45) is 5.20. The number of carboxylic acid groups (broad SMARTS) is 1. The van der Waals surface area contributed by atoms with E-state index in [0.717, 1.165) is 25.7 Å². The lowest BCUT2D eigenvalue weighted by atomic mass is 9.86. The van der Waals surface area contributed by atoms with Crippen molar-refractivity contribution >= 4 is 17.7 Å². The van der Waals surface area contributed by atoms with Crippen molar-refractivity contribution in [3.05, 3.63) is 29.3 Å². The molecule has 0 bridgehead atoms. The zero-order chi connectivity index (χ0) is 19.1. The zero-order valence-electron chi connectivity index (χ0n) is 15.4. The molecule has 142 valence electrons. The van der Waals surface area contributed by atoms with Crippen molar-refractivity contribution in [1.29, 1.82) is 0 Å². The smallest absolute Gasteiger partial charge is 0.308 e. The Balaban J connectivity index is 2.12. The molecule has 26 heavy (non-hydrogen) atoms. The van der Waals surface area contributed by atoms with Crippen LogP contribution in [0.1, 0.15) is 61.4 Å². The SMILES string of the molecule is COc1ccc(C(C)=O)cc1CC(=O)NC1CCCCCCC1C(=O)O. The number of benzene rings is 1. The van der Waals surface area contributed by atoms with Crippen molar-refractivity contribution in [2.45, 2.75) is 57.9 Å². The van der Waals surface area contributed by atoms with Crippen molar-refractivity contribution in [3.63, 3.8) is 0 Å². The third kappa shape index (κ3) is 5.31. The molecule has 6 heteroatoms. The summed E-state index contributed by atoms with van der Waals surface area (Å²) in [6, 6.07) is 4.64. The molecule has 0 aromatic heterocycles. The minimum atomic E-state index is -0.853. The summed E-state index contributed by atoms with van der Waals surface area (Å²) in [5, 5.41) is 12.4. The molecule has 2 unspecified atom stereocenters. The maximum absolute atomic E-state index is 12.6. The monoisotopic (exact) mass is 361 g/mol. The van der Waals surface area contributed by atoms with Crippen LogP contribution >= 0.6 is 0 Å². The number of carbonyl (C=O) groups excluding carboxylic acids is 2.